The Kier molecular flexibility index (Phi) is 5.53. The van der Waals surface area contributed by atoms with Crippen LogP contribution in [0.5, 0.6) is 0 Å². The van der Waals surface area contributed by atoms with E-state index in [-0.39, 0.29) is 18.0 Å². The molecule has 0 amide bonds. The molecule has 1 aliphatic heterocycles. The Morgan fingerprint density at radius 2 is 1.96 bits per heavy atom. The molecule has 2 heterocycles. The molecule has 1 fully saturated rings. The van der Waals surface area contributed by atoms with Crippen molar-refractivity contribution in [3.63, 3.8) is 0 Å². The minimum absolute atomic E-state index is 0.137. The van der Waals surface area contributed by atoms with E-state index in [9.17, 15) is 14.7 Å². The van der Waals surface area contributed by atoms with E-state index < -0.39 is 17.5 Å². The van der Waals surface area contributed by atoms with Crippen molar-refractivity contribution in [3.8, 4) is 0 Å². The molecule has 0 aliphatic carbocycles. The molecule has 0 bridgehead atoms. The number of anilines is 1. The molecule has 0 spiro atoms. The maximum Gasteiger partial charge on any atom is 0.355 e. The number of nitrogens with one attached hydrogen (secondary N) is 2. The van der Waals surface area contributed by atoms with Gasteiger partial charge in [0.1, 0.15) is 0 Å². The highest BCUT2D eigenvalue weighted by Gasteiger charge is 2.20. The zero-order valence-corrected chi connectivity index (χ0v) is 14.9. The predicted molar refractivity (Wildman–Crippen MR) is 97.3 cm³/mol. The average molecular weight is 360 g/mol. The number of benzene rings is 1. The van der Waals surface area contributed by atoms with Gasteiger partial charge in [0, 0.05) is 19.3 Å². The Balaban J connectivity index is 1.81. The number of rotatable bonds is 5. The molecule has 2 aromatic rings. The molecule has 8 heteroatoms. The SMILES string of the molecule is C[C@H](Nc1nc(=O)n(C2CCOCC2)c(=O)[nH]1)c1cccc([C@@H](C)O)c1. The largest absolute Gasteiger partial charge is 0.389 e. The number of ether oxygens (including phenoxy) is 1. The third-order valence-electron chi connectivity index (χ3n) is 4.66. The number of hydrogen-bond donors (Lipinski definition) is 3. The number of aromatic amines is 1. The first-order valence-corrected chi connectivity index (χ1v) is 8.81. The number of hydrogen-bond acceptors (Lipinski definition) is 6. The maximum absolute atomic E-state index is 12.4. The summed E-state index contributed by atoms with van der Waals surface area (Å²) in [7, 11) is 0. The maximum atomic E-state index is 12.4. The van der Waals surface area contributed by atoms with Crippen molar-refractivity contribution in [1.29, 1.82) is 0 Å². The predicted octanol–water partition coefficient (Wildman–Crippen LogP) is 1.51. The summed E-state index contributed by atoms with van der Waals surface area (Å²) in [5, 5.41) is 12.8. The fourth-order valence-electron chi connectivity index (χ4n) is 3.14. The highest BCUT2D eigenvalue weighted by Crippen LogP contribution is 2.21. The lowest BCUT2D eigenvalue weighted by Gasteiger charge is -2.23. The van der Waals surface area contributed by atoms with Crippen molar-refractivity contribution < 1.29 is 9.84 Å². The van der Waals surface area contributed by atoms with Crippen LogP contribution in [-0.4, -0.2) is 32.9 Å². The van der Waals surface area contributed by atoms with Crippen molar-refractivity contribution in [2.24, 2.45) is 0 Å². The molecule has 1 saturated heterocycles. The van der Waals surface area contributed by atoms with Gasteiger partial charge in [0.05, 0.1) is 12.1 Å². The van der Waals surface area contributed by atoms with E-state index in [1.807, 2.05) is 31.2 Å². The van der Waals surface area contributed by atoms with Crippen LogP contribution in [0.1, 0.15) is 56.0 Å². The van der Waals surface area contributed by atoms with Crippen molar-refractivity contribution in [2.75, 3.05) is 18.5 Å². The highest BCUT2D eigenvalue weighted by atomic mass is 16.5. The van der Waals surface area contributed by atoms with Gasteiger partial charge in [0.25, 0.3) is 0 Å². The molecule has 8 nitrogen and oxygen atoms in total. The molecule has 2 atom stereocenters. The monoisotopic (exact) mass is 360 g/mol. The van der Waals surface area contributed by atoms with E-state index in [0.717, 1.165) is 11.1 Å². The quantitative estimate of drug-likeness (QED) is 0.746. The highest BCUT2D eigenvalue weighted by molar-refractivity contribution is 5.33. The van der Waals surface area contributed by atoms with E-state index >= 15 is 0 Å². The Bertz CT molecular complexity index is 837. The minimum atomic E-state index is -0.566. The normalized spacial score (nSPS) is 17.7. The van der Waals surface area contributed by atoms with Crippen LogP contribution in [0.4, 0.5) is 5.95 Å². The van der Waals surface area contributed by atoms with Gasteiger partial charge >= 0.3 is 11.4 Å². The van der Waals surface area contributed by atoms with Gasteiger partial charge in [-0.3, -0.25) is 4.98 Å². The number of aromatic nitrogens is 3. The molecule has 1 aliphatic rings. The van der Waals surface area contributed by atoms with E-state index in [0.29, 0.717) is 26.1 Å². The minimum Gasteiger partial charge on any atom is -0.389 e. The van der Waals surface area contributed by atoms with Gasteiger partial charge in [-0.2, -0.15) is 4.98 Å². The second-order valence-electron chi connectivity index (χ2n) is 6.60. The molecule has 140 valence electrons. The van der Waals surface area contributed by atoms with E-state index in [2.05, 4.69) is 15.3 Å². The van der Waals surface area contributed by atoms with Crippen molar-refractivity contribution >= 4 is 5.95 Å². The molecule has 1 aromatic carbocycles. The summed E-state index contributed by atoms with van der Waals surface area (Å²) in [6.45, 7) is 4.66. The average Bonchev–Trinajstić information content (AvgIpc) is 2.62. The number of aliphatic hydroxyl groups is 1. The summed E-state index contributed by atoms with van der Waals surface area (Å²) >= 11 is 0. The molecule has 3 N–H and O–H groups in total. The van der Waals surface area contributed by atoms with Crippen LogP contribution in [0.2, 0.25) is 0 Å². The van der Waals surface area contributed by atoms with Gasteiger partial charge in [0.2, 0.25) is 5.95 Å². The summed E-state index contributed by atoms with van der Waals surface area (Å²) in [6, 6.07) is 7.11. The Hall–Kier alpha value is -2.45. The Morgan fingerprint density at radius 3 is 2.62 bits per heavy atom. The number of aliphatic hydroxyl groups excluding tert-OH is 1. The van der Waals surface area contributed by atoms with E-state index in [4.69, 9.17) is 4.74 Å². The van der Waals surface area contributed by atoms with E-state index in [1.54, 1.807) is 6.92 Å². The van der Waals surface area contributed by atoms with Gasteiger partial charge in [-0.15, -0.1) is 0 Å². The number of H-pyrrole nitrogens is 1. The summed E-state index contributed by atoms with van der Waals surface area (Å²) in [4.78, 5) is 31.3. The molecule has 1 aromatic heterocycles. The second kappa shape index (κ2) is 7.84. The van der Waals surface area contributed by atoms with Gasteiger partial charge in [-0.1, -0.05) is 24.3 Å². The smallest absolute Gasteiger partial charge is 0.355 e. The zero-order chi connectivity index (χ0) is 18.7. The molecule has 0 radical (unpaired) electrons. The Labute approximate surface area is 150 Å². The second-order valence-corrected chi connectivity index (χ2v) is 6.60. The van der Waals surface area contributed by atoms with Crippen LogP contribution in [-0.2, 0) is 4.74 Å². The standard InChI is InChI=1S/C18H24N4O4/c1-11(13-4-3-5-14(10-13)12(2)23)19-16-20-17(24)22(18(25)21-16)15-6-8-26-9-7-15/h3-5,10-12,15,23H,6-9H2,1-2H3,(H2,19,20,21,24,25)/t11-,12+/m0/s1. The van der Waals surface area contributed by atoms with Crippen LogP contribution in [0.3, 0.4) is 0 Å². The third kappa shape index (κ3) is 4.03. The first-order chi connectivity index (χ1) is 12.5. The summed E-state index contributed by atoms with van der Waals surface area (Å²) in [5.74, 6) is 0.137. The van der Waals surface area contributed by atoms with Crippen LogP contribution in [0.25, 0.3) is 0 Å². The van der Waals surface area contributed by atoms with Gasteiger partial charge in [-0.05, 0) is 37.8 Å². The molecule has 3 rings (SSSR count). The third-order valence-corrected chi connectivity index (χ3v) is 4.66. The lowest BCUT2D eigenvalue weighted by atomic mass is 10.0. The van der Waals surface area contributed by atoms with Gasteiger partial charge < -0.3 is 15.2 Å². The van der Waals surface area contributed by atoms with E-state index in [1.165, 1.54) is 4.57 Å². The summed E-state index contributed by atoms with van der Waals surface area (Å²) in [5.41, 5.74) is 0.685. The molecular weight excluding hydrogens is 336 g/mol. The van der Waals surface area contributed by atoms with Crippen molar-refractivity contribution in [2.45, 2.75) is 44.9 Å². The van der Waals surface area contributed by atoms with Crippen LogP contribution < -0.4 is 16.7 Å². The van der Waals surface area contributed by atoms with Crippen LogP contribution >= 0.6 is 0 Å². The van der Waals surface area contributed by atoms with Gasteiger partial charge in [-0.25, -0.2) is 14.2 Å². The summed E-state index contributed by atoms with van der Waals surface area (Å²) in [6.07, 6.45) is 0.684. The molecule has 0 saturated carbocycles. The lowest BCUT2D eigenvalue weighted by molar-refractivity contribution is 0.0670. The Morgan fingerprint density at radius 1 is 1.27 bits per heavy atom. The fraction of sp³-hybridized carbons (Fsp3) is 0.500. The molecular formula is C18H24N4O4. The zero-order valence-electron chi connectivity index (χ0n) is 14.9. The topological polar surface area (TPSA) is 109 Å². The summed E-state index contributed by atoms with van der Waals surface area (Å²) < 4.78 is 6.45. The molecule has 0 unspecified atom stereocenters. The number of nitrogens with zero attached hydrogens (tertiary/aromatic N) is 2. The van der Waals surface area contributed by atoms with Crippen molar-refractivity contribution in [1.82, 2.24) is 14.5 Å². The van der Waals surface area contributed by atoms with Gasteiger partial charge in [0.15, 0.2) is 0 Å². The van der Waals surface area contributed by atoms with Crippen LogP contribution in [0, 0.1) is 0 Å². The first-order valence-electron chi connectivity index (χ1n) is 8.81. The molecule has 26 heavy (non-hydrogen) atoms. The van der Waals surface area contributed by atoms with Crippen molar-refractivity contribution in [3.05, 3.63) is 56.4 Å². The first kappa shape index (κ1) is 18.3. The van der Waals surface area contributed by atoms with Crippen LogP contribution in [0.15, 0.2) is 33.9 Å². The fourth-order valence-corrected chi connectivity index (χ4v) is 3.14. The lowest BCUT2D eigenvalue weighted by Crippen LogP contribution is -2.42.